The van der Waals surface area contributed by atoms with Gasteiger partial charge in [0, 0.05) is 24.4 Å². The van der Waals surface area contributed by atoms with Gasteiger partial charge in [-0.05, 0) is 44.5 Å². The Kier molecular flexibility index (Phi) is 6.33. The number of benzene rings is 1. The third kappa shape index (κ3) is 5.17. The average Bonchev–Trinajstić information content (AvgIpc) is 2.40. The zero-order chi connectivity index (χ0) is 16.0. The molecule has 1 atom stereocenters. The molecule has 0 aliphatic rings. The van der Waals surface area contributed by atoms with Crippen molar-refractivity contribution in [1.29, 1.82) is 0 Å². The Morgan fingerprint density at radius 3 is 2.52 bits per heavy atom. The molecule has 6 nitrogen and oxygen atoms in total. The molecular weight excluding hydrogens is 270 g/mol. The summed E-state index contributed by atoms with van der Waals surface area (Å²) in [4.78, 5) is 23.7. The first kappa shape index (κ1) is 17.1. The molecule has 1 rings (SSSR count). The van der Waals surface area contributed by atoms with Crippen molar-refractivity contribution in [2.45, 2.75) is 32.9 Å². The van der Waals surface area contributed by atoms with Crippen LogP contribution in [0.15, 0.2) is 18.2 Å². The Hall–Kier alpha value is -1.92. The van der Waals surface area contributed by atoms with E-state index in [9.17, 15) is 9.59 Å². The van der Waals surface area contributed by atoms with E-state index in [1.165, 1.54) is 7.11 Å². The van der Waals surface area contributed by atoms with Crippen LogP contribution >= 0.6 is 0 Å². The lowest BCUT2D eigenvalue weighted by Crippen LogP contribution is -2.39. The minimum absolute atomic E-state index is 0.0734. The van der Waals surface area contributed by atoms with Crippen LogP contribution in [-0.4, -0.2) is 37.6 Å². The van der Waals surface area contributed by atoms with Crippen LogP contribution in [0.2, 0.25) is 0 Å². The monoisotopic (exact) mass is 293 g/mol. The number of hydrogen-bond acceptors (Lipinski definition) is 4. The molecule has 2 amide bonds. The highest BCUT2D eigenvalue weighted by Gasteiger charge is 2.15. The molecule has 0 aliphatic heterocycles. The van der Waals surface area contributed by atoms with Crippen molar-refractivity contribution in [3.63, 3.8) is 0 Å². The predicted octanol–water partition coefficient (Wildman–Crippen LogP) is 1.05. The van der Waals surface area contributed by atoms with E-state index in [0.29, 0.717) is 11.3 Å². The van der Waals surface area contributed by atoms with Crippen molar-refractivity contribution in [3.8, 4) is 0 Å². The predicted molar refractivity (Wildman–Crippen MR) is 82.3 cm³/mol. The zero-order valence-electron chi connectivity index (χ0n) is 12.9. The van der Waals surface area contributed by atoms with E-state index in [1.807, 2.05) is 20.8 Å². The first-order valence-corrected chi connectivity index (χ1v) is 6.82. The smallest absolute Gasteiger partial charge is 0.251 e. The minimum atomic E-state index is -0.724. The Morgan fingerprint density at radius 2 is 2.00 bits per heavy atom. The van der Waals surface area contributed by atoms with Gasteiger partial charge in [-0.25, -0.2) is 0 Å². The van der Waals surface area contributed by atoms with Crippen LogP contribution in [-0.2, 0) is 9.53 Å². The topological polar surface area (TPSA) is 93.4 Å². The van der Waals surface area contributed by atoms with Gasteiger partial charge in [0.25, 0.3) is 5.91 Å². The van der Waals surface area contributed by atoms with E-state index in [4.69, 9.17) is 10.5 Å². The van der Waals surface area contributed by atoms with Gasteiger partial charge in [0.15, 0.2) is 0 Å². The molecule has 0 heterocycles. The molecule has 0 spiro atoms. The Bertz CT molecular complexity index is 515. The average molecular weight is 293 g/mol. The number of aryl methyl sites for hydroxylation is 1. The van der Waals surface area contributed by atoms with Crippen LogP contribution in [0, 0.1) is 6.92 Å². The van der Waals surface area contributed by atoms with Gasteiger partial charge in [-0.15, -0.1) is 0 Å². The first-order valence-electron chi connectivity index (χ1n) is 6.82. The van der Waals surface area contributed by atoms with Crippen molar-refractivity contribution in [3.05, 3.63) is 29.3 Å². The van der Waals surface area contributed by atoms with E-state index in [-0.39, 0.29) is 24.5 Å². The summed E-state index contributed by atoms with van der Waals surface area (Å²) in [6.45, 7) is 5.77. The number of rotatable bonds is 6. The van der Waals surface area contributed by atoms with Gasteiger partial charge < -0.3 is 21.1 Å². The molecule has 116 valence electrons. The SMILES string of the molecule is COCC(N)C(=O)Nc1ccc(C(=O)NC(C)C)cc1C. The number of hydrogen-bond donors (Lipinski definition) is 3. The van der Waals surface area contributed by atoms with Gasteiger partial charge in [-0.2, -0.15) is 0 Å². The molecule has 1 aromatic rings. The molecule has 0 radical (unpaired) electrons. The zero-order valence-corrected chi connectivity index (χ0v) is 12.9. The quantitative estimate of drug-likeness (QED) is 0.730. The number of anilines is 1. The summed E-state index contributed by atoms with van der Waals surface area (Å²) in [5.74, 6) is -0.457. The van der Waals surface area contributed by atoms with E-state index < -0.39 is 6.04 Å². The Balaban J connectivity index is 2.79. The largest absolute Gasteiger partial charge is 0.383 e. The van der Waals surface area contributed by atoms with E-state index >= 15 is 0 Å². The highest BCUT2D eigenvalue weighted by atomic mass is 16.5. The van der Waals surface area contributed by atoms with Crippen molar-refractivity contribution in [2.24, 2.45) is 5.73 Å². The van der Waals surface area contributed by atoms with Crippen LogP contribution in [0.5, 0.6) is 0 Å². The molecule has 1 aromatic carbocycles. The molecule has 4 N–H and O–H groups in total. The third-order valence-electron chi connectivity index (χ3n) is 2.85. The third-order valence-corrected chi connectivity index (χ3v) is 2.85. The fraction of sp³-hybridized carbons (Fsp3) is 0.467. The second-order valence-electron chi connectivity index (χ2n) is 5.21. The van der Waals surface area contributed by atoms with Crippen LogP contribution < -0.4 is 16.4 Å². The summed E-state index contributed by atoms with van der Waals surface area (Å²) in [5, 5.41) is 5.54. The molecule has 0 aliphatic carbocycles. The first-order chi connectivity index (χ1) is 9.85. The minimum Gasteiger partial charge on any atom is -0.383 e. The normalized spacial score (nSPS) is 12.1. The van der Waals surface area contributed by atoms with Crippen molar-refractivity contribution in [2.75, 3.05) is 19.0 Å². The van der Waals surface area contributed by atoms with Gasteiger partial charge in [0.1, 0.15) is 6.04 Å². The lowest BCUT2D eigenvalue weighted by atomic mass is 10.1. The summed E-state index contributed by atoms with van der Waals surface area (Å²) in [7, 11) is 1.49. The maximum absolute atomic E-state index is 11.9. The number of carbonyl (C=O) groups is 2. The molecule has 0 fully saturated rings. The number of methoxy groups -OCH3 is 1. The van der Waals surface area contributed by atoms with Gasteiger partial charge in [-0.1, -0.05) is 0 Å². The fourth-order valence-electron chi connectivity index (χ4n) is 1.77. The summed E-state index contributed by atoms with van der Waals surface area (Å²) in [6.07, 6.45) is 0. The molecule has 0 aromatic heterocycles. The molecule has 6 heteroatoms. The number of nitrogens with one attached hydrogen (secondary N) is 2. The van der Waals surface area contributed by atoms with Crippen LogP contribution in [0.25, 0.3) is 0 Å². The lowest BCUT2D eigenvalue weighted by Gasteiger charge is -2.14. The van der Waals surface area contributed by atoms with Crippen LogP contribution in [0.3, 0.4) is 0 Å². The fourth-order valence-corrected chi connectivity index (χ4v) is 1.77. The van der Waals surface area contributed by atoms with Gasteiger partial charge in [-0.3, -0.25) is 9.59 Å². The second kappa shape index (κ2) is 7.75. The van der Waals surface area contributed by atoms with Gasteiger partial charge in [0.05, 0.1) is 6.61 Å². The summed E-state index contributed by atoms with van der Waals surface area (Å²) < 4.78 is 4.84. The number of amides is 2. The summed E-state index contributed by atoms with van der Waals surface area (Å²) in [5.41, 5.74) is 7.64. The van der Waals surface area contributed by atoms with E-state index in [1.54, 1.807) is 18.2 Å². The highest BCUT2D eigenvalue weighted by molar-refractivity contribution is 5.98. The van der Waals surface area contributed by atoms with Crippen molar-refractivity contribution >= 4 is 17.5 Å². The van der Waals surface area contributed by atoms with E-state index in [2.05, 4.69) is 10.6 Å². The van der Waals surface area contributed by atoms with Crippen molar-refractivity contribution < 1.29 is 14.3 Å². The van der Waals surface area contributed by atoms with Crippen LogP contribution in [0.4, 0.5) is 5.69 Å². The van der Waals surface area contributed by atoms with Gasteiger partial charge >= 0.3 is 0 Å². The lowest BCUT2D eigenvalue weighted by molar-refractivity contribution is -0.118. The highest BCUT2D eigenvalue weighted by Crippen LogP contribution is 2.17. The number of ether oxygens (including phenoxy) is 1. The van der Waals surface area contributed by atoms with Crippen LogP contribution in [0.1, 0.15) is 29.8 Å². The number of nitrogens with two attached hydrogens (primary N) is 1. The molecule has 1 unspecified atom stereocenters. The maximum Gasteiger partial charge on any atom is 0.251 e. The number of carbonyl (C=O) groups excluding carboxylic acids is 2. The standard InChI is InChI=1S/C15H23N3O3/c1-9(2)17-14(19)11-5-6-13(10(3)7-11)18-15(20)12(16)8-21-4/h5-7,9,12H,8,16H2,1-4H3,(H,17,19)(H,18,20). The summed E-state index contributed by atoms with van der Waals surface area (Å²) >= 11 is 0. The van der Waals surface area contributed by atoms with Crippen molar-refractivity contribution in [1.82, 2.24) is 5.32 Å². The second-order valence-corrected chi connectivity index (χ2v) is 5.21. The molecule has 0 saturated heterocycles. The summed E-state index contributed by atoms with van der Waals surface area (Å²) in [6, 6.07) is 4.45. The molecular formula is C15H23N3O3. The Labute approximate surface area is 125 Å². The maximum atomic E-state index is 11.9. The molecule has 0 saturated carbocycles. The molecule has 21 heavy (non-hydrogen) atoms. The Morgan fingerprint density at radius 1 is 1.33 bits per heavy atom. The van der Waals surface area contributed by atoms with E-state index in [0.717, 1.165) is 5.56 Å². The molecule has 0 bridgehead atoms. The van der Waals surface area contributed by atoms with Gasteiger partial charge in [0.2, 0.25) is 5.91 Å².